The molecule has 0 saturated heterocycles. The Balaban J connectivity index is 1.86. The highest BCUT2D eigenvalue weighted by Crippen LogP contribution is 2.22. The summed E-state index contributed by atoms with van der Waals surface area (Å²) < 4.78 is 20.9. The van der Waals surface area contributed by atoms with Gasteiger partial charge in [0, 0.05) is 17.8 Å². The number of carbonyl (C=O) groups excluding carboxylic acids is 2. The third-order valence-corrected chi connectivity index (χ3v) is 4.19. The quantitative estimate of drug-likeness (QED) is 0.558. The summed E-state index contributed by atoms with van der Waals surface area (Å²) in [5.41, 5.74) is 6.62. The summed E-state index contributed by atoms with van der Waals surface area (Å²) in [4.78, 5) is 23.8. The van der Waals surface area contributed by atoms with Gasteiger partial charge in [0.25, 0.3) is 5.91 Å². The lowest BCUT2D eigenvalue weighted by atomic mass is 10.1. The van der Waals surface area contributed by atoms with E-state index in [2.05, 4.69) is 10.4 Å². The van der Waals surface area contributed by atoms with Crippen LogP contribution in [0.2, 0.25) is 0 Å². The van der Waals surface area contributed by atoms with Crippen molar-refractivity contribution in [3.63, 3.8) is 0 Å². The standard InChI is InChI=1S/C19H19FN4O4/c1-11-17(19(27)22-15(9-25)18(21)26)16-8-13(6-7-24(16)23-11)28-10-12-4-2-3-5-14(12)20/h2-8,15,25H,9-10H2,1H3,(H2,21,26)(H,22,27)/t15-/m0/s1. The van der Waals surface area contributed by atoms with Gasteiger partial charge in [-0.05, 0) is 19.1 Å². The largest absolute Gasteiger partial charge is 0.489 e. The first-order chi connectivity index (χ1) is 13.4. The average molecular weight is 386 g/mol. The summed E-state index contributed by atoms with van der Waals surface area (Å²) in [7, 11) is 0. The van der Waals surface area contributed by atoms with Crippen molar-refractivity contribution in [2.45, 2.75) is 19.6 Å². The Labute approximate surface area is 159 Å². The zero-order valence-corrected chi connectivity index (χ0v) is 15.1. The molecule has 9 heteroatoms. The van der Waals surface area contributed by atoms with Gasteiger partial charge in [0.15, 0.2) is 0 Å². The molecule has 3 aromatic rings. The molecular weight excluding hydrogens is 367 g/mol. The van der Waals surface area contributed by atoms with Crippen LogP contribution in [0.4, 0.5) is 4.39 Å². The van der Waals surface area contributed by atoms with Crippen molar-refractivity contribution in [2.24, 2.45) is 5.73 Å². The van der Waals surface area contributed by atoms with Crippen LogP contribution in [0.15, 0.2) is 42.6 Å². The number of nitrogens with two attached hydrogens (primary N) is 1. The molecule has 0 radical (unpaired) electrons. The molecule has 2 amide bonds. The molecule has 2 heterocycles. The Morgan fingerprint density at radius 1 is 1.36 bits per heavy atom. The van der Waals surface area contributed by atoms with Crippen LogP contribution in [0.5, 0.6) is 5.75 Å². The van der Waals surface area contributed by atoms with Crippen LogP contribution < -0.4 is 15.8 Å². The number of fused-ring (bicyclic) bond motifs is 1. The highest BCUT2D eigenvalue weighted by molar-refractivity contribution is 6.03. The van der Waals surface area contributed by atoms with Gasteiger partial charge in [-0.25, -0.2) is 8.91 Å². The molecule has 4 N–H and O–H groups in total. The summed E-state index contributed by atoms with van der Waals surface area (Å²) in [6.45, 7) is 1.04. The second-order valence-electron chi connectivity index (χ2n) is 6.14. The first-order valence-corrected chi connectivity index (χ1v) is 8.47. The van der Waals surface area contributed by atoms with Crippen LogP contribution in [0.25, 0.3) is 5.52 Å². The number of aryl methyl sites for hydroxylation is 1. The molecule has 146 valence electrons. The van der Waals surface area contributed by atoms with Crippen molar-refractivity contribution >= 4 is 17.3 Å². The zero-order valence-electron chi connectivity index (χ0n) is 15.1. The fourth-order valence-electron chi connectivity index (χ4n) is 2.73. The van der Waals surface area contributed by atoms with Crippen LogP contribution in [0.3, 0.4) is 0 Å². The van der Waals surface area contributed by atoms with Crippen LogP contribution in [0.1, 0.15) is 21.6 Å². The van der Waals surface area contributed by atoms with E-state index < -0.39 is 24.5 Å². The maximum atomic E-state index is 13.7. The van der Waals surface area contributed by atoms with Gasteiger partial charge in [-0.2, -0.15) is 5.10 Å². The van der Waals surface area contributed by atoms with E-state index in [1.807, 2.05) is 0 Å². The lowest BCUT2D eigenvalue weighted by molar-refractivity contribution is -0.120. The average Bonchev–Trinajstić information content (AvgIpc) is 3.00. The number of benzene rings is 1. The van der Waals surface area contributed by atoms with Crippen molar-refractivity contribution in [2.75, 3.05) is 6.61 Å². The number of hydrogen-bond acceptors (Lipinski definition) is 5. The number of pyridine rings is 1. The number of nitrogens with zero attached hydrogens (tertiary/aromatic N) is 2. The number of hydrogen-bond donors (Lipinski definition) is 3. The molecule has 0 aliphatic heterocycles. The zero-order chi connectivity index (χ0) is 20.3. The number of amides is 2. The Morgan fingerprint density at radius 2 is 2.11 bits per heavy atom. The maximum absolute atomic E-state index is 13.7. The predicted molar refractivity (Wildman–Crippen MR) is 98.2 cm³/mol. The number of rotatable bonds is 7. The number of carbonyl (C=O) groups is 2. The van der Waals surface area contributed by atoms with Gasteiger partial charge in [0.2, 0.25) is 5.91 Å². The first kappa shape index (κ1) is 19.3. The molecule has 0 unspecified atom stereocenters. The Kier molecular flexibility index (Phi) is 5.55. The van der Waals surface area contributed by atoms with Gasteiger partial charge in [0.05, 0.1) is 23.4 Å². The fourth-order valence-corrected chi connectivity index (χ4v) is 2.73. The van der Waals surface area contributed by atoms with E-state index in [-0.39, 0.29) is 18.0 Å². The fraction of sp³-hybridized carbons (Fsp3) is 0.211. The van der Waals surface area contributed by atoms with E-state index >= 15 is 0 Å². The van der Waals surface area contributed by atoms with Crippen LogP contribution in [0, 0.1) is 12.7 Å². The minimum absolute atomic E-state index is 0.0196. The van der Waals surface area contributed by atoms with E-state index in [0.717, 1.165) is 0 Å². The number of aliphatic hydroxyl groups excluding tert-OH is 1. The Bertz CT molecular complexity index is 1030. The molecule has 28 heavy (non-hydrogen) atoms. The molecule has 0 aliphatic carbocycles. The SMILES string of the molecule is Cc1nn2ccc(OCc3ccccc3F)cc2c1C(=O)N[C@@H](CO)C(N)=O. The van der Waals surface area contributed by atoms with Gasteiger partial charge < -0.3 is 20.9 Å². The first-order valence-electron chi connectivity index (χ1n) is 8.47. The maximum Gasteiger partial charge on any atom is 0.256 e. The second-order valence-corrected chi connectivity index (χ2v) is 6.14. The molecule has 3 rings (SSSR count). The lowest BCUT2D eigenvalue weighted by Crippen LogP contribution is -2.46. The van der Waals surface area contributed by atoms with E-state index in [1.165, 1.54) is 10.6 Å². The number of nitrogens with one attached hydrogen (secondary N) is 1. The predicted octanol–water partition coefficient (Wildman–Crippen LogP) is 0.937. The summed E-state index contributed by atoms with van der Waals surface area (Å²) in [6.07, 6.45) is 1.60. The van der Waals surface area contributed by atoms with E-state index in [0.29, 0.717) is 22.5 Å². The van der Waals surface area contributed by atoms with Crippen molar-refractivity contribution in [3.8, 4) is 5.75 Å². The highest BCUT2D eigenvalue weighted by atomic mass is 19.1. The molecule has 1 aromatic carbocycles. The number of ether oxygens (including phenoxy) is 1. The normalized spacial score (nSPS) is 12.0. The van der Waals surface area contributed by atoms with Crippen molar-refractivity contribution in [3.05, 3.63) is 65.2 Å². The topological polar surface area (TPSA) is 119 Å². The van der Waals surface area contributed by atoms with Crippen LogP contribution >= 0.6 is 0 Å². The highest BCUT2D eigenvalue weighted by Gasteiger charge is 2.23. The molecule has 0 fully saturated rings. The Morgan fingerprint density at radius 3 is 2.79 bits per heavy atom. The van der Waals surface area contributed by atoms with E-state index in [1.54, 1.807) is 43.5 Å². The van der Waals surface area contributed by atoms with Gasteiger partial charge >= 0.3 is 0 Å². The van der Waals surface area contributed by atoms with Gasteiger partial charge in [-0.15, -0.1) is 0 Å². The van der Waals surface area contributed by atoms with E-state index in [9.17, 15) is 19.1 Å². The number of aromatic nitrogens is 2. The summed E-state index contributed by atoms with van der Waals surface area (Å²) in [5, 5.41) is 15.8. The molecular formula is C19H19FN4O4. The van der Waals surface area contributed by atoms with Gasteiger partial charge in [0.1, 0.15) is 24.2 Å². The van der Waals surface area contributed by atoms with Crippen LogP contribution in [-0.4, -0.2) is 39.2 Å². The lowest BCUT2D eigenvalue weighted by Gasteiger charge is -2.12. The number of primary amides is 1. The number of aliphatic hydroxyl groups is 1. The summed E-state index contributed by atoms with van der Waals surface area (Å²) in [6, 6.07) is 8.30. The van der Waals surface area contributed by atoms with E-state index in [4.69, 9.17) is 10.5 Å². The van der Waals surface area contributed by atoms with Gasteiger partial charge in [-0.1, -0.05) is 18.2 Å². The molecule has 1 atom stereocenters. The van der Waals surface area contributed by atoms with Crippen molar-refractivity contribution in [1.29, 1.82) is 0 Å². The molecule has 0 aliphatic rings. The molecule has 0 bridgehead atoms. The molecule has 0 saturated carbocycles. The van der Waals surface area contributed by atoms with Gasteiger partial charge in [-0.3, -0.25) is 9.59 Å². The van der Waals surface area contributed by atoms with Crippen molar-refractivity contribution < 1.29 is 23.8 Å². The smallest absolute Gasteiger partial charge is 0.256 e. The summed E-state index contributed by atoms with van der Waals surface area (Å²) in [5.74, 6) is -1.40. The Hall–Kier alpha value is -3.46. The minimum atomic E-state index is -1.21. The monoisotopic (exact) mass is 386 g/mol. The second kappa shape index (κ2) is 8.05. The molecule has 8 nitrogen and oxygen atoms in total. The molecule has 0 spiro atoms. The minimum Gasteiger partial charge on any atom is -0.489 e. The summed E-state index contributed by atoms with van der Waals surface area (Å²) >= 11 is 0. The van der Waals surface area contributed by atoms with Crippen LogP contribution in [-0.2, 0) is 11.4 Å². The third-order valence-electron chi connectivity index (χ3n) is 4.19. The molecule has 2 aromatic heterocycles. The number of halogens is 1. The third kappa shape index (κ3) is 3.94. The van der Waals surface area contributed by atoms with Crippen molar-refractivity contribution in [1.82, 2.24) is 14.9 Å².